The number of thiophene rings is 1. The van der Waals surface area contributed by atoms with Crippen molar-refractivity contribution in [3.63, 3.8) is 0 Å². The van der Waals surface area contributed by atoms with Crippen molar-refractivity contribution in [3.05, 3.63) is 88.4 Å². The first kappa shape index (κ1) is 22.4. The molecular formula is C21H15ClF3N3O2S2. The molecule has 0 amide bonds. The molecule has 0 fully saturated rings. The second kappa shape index (κ2) is 8.61. The average molecular weight is 498 g/mol. The lowest BCUT2D eigenvalue weighted by Crippen LogP contribution is -2.15. The van der Waals surface area contributed by atoms with E-state index in [1.165, 1.54) is 22.2 Å². The molecular weight excluding hydrogens is 483 g/mol. The minimum Gasteiger partial charge on any atom is -0.278 e. The van der Waals surface area contributed by atoms with E-state index in [1.807, 2.05) is 30.3 Å². The van der Waals surface area contributed by atoms with Crippen LogP contribution in [0.3, 0.4) is 0 Å². The molecule has 0 saturated carbocycles. The van der Waals surface area contributed by atoms with E-state index in [-0.39, 0.29) is 21.3 Å². The number of hydrogen-bond acceptors (Lipinski definition) is 4. The molecule has 0 saturated heterocycles. The molecule has 0 bridgehead atoms. The molecule has 0 atom stereocenters. The first-order valence-corrected chi connectivity index (χ1v) is 11.9. The predicted octanol–water partition coefficient (Wildman–Crippen LogP) is 6.13. The molecule has 2 heterocycles. The third kappa shape index (κ3) is 4.82. The van der Waals surface area contributed by atoms with Gasteiger partial charge in [0.15, 0.2) is 0 Å². The molecule has 11 heteroatoms. The minimum absolute atomic E-state index is 0.157. The maximum absolute atomic E-state index is 13.2. The van der Waals surface area contributed by atoms with Gasteiger partial charge in [0.1, 0.15) is 10.6 Å². The quantitative estimate of drug-likeness (QED) is 0.348. The number of hydrogen-bond donors (Lipinski definition) is 1. The Morgan fingerprint density at radius 1 is 1.06 bits per heavy atom. The van der Waals surface area contributed by atoms with E-state index in [0.717, 1.165) is 17.7 Å². The lowest BCUT2D eigenvalue weighted by atomic mass is 10.2. The van der Waals surface area contributed by atoms with Gasteiger partial charge in [-0.25, -0.2) is 8.42 Å². The molecule has 5 nitrogen and oxygen atoms in total. The molecule has 166 valence electrons. The Morgan fingerprint density at radius 2 is 1.81 bits per heavy atom. The summed E-state index contributed by atoms with van der Waals surface area (Å²) < 4.78 is 69.3. The number of nitrogens with one attached hydrogen (secondary N) is 1. The van der Waals surface area contributed by atoms with Crippen LogP contribution >= 0.6 is 22.9 Å². The van der Waals surface area contributed by atoms with Crippen LogP contribution in [-0.4, -0.2) is 18.2 Å². The molecule has 0 aliphatic carbocycles. The molecule has 4 aromatic rings. The van der Waals surface area contributed by atoms with Gasteiger partial charge >= 0.3 is 6.18 Å². The Bertz CT molecular complexity index is 1340. The molecule has 2 aromatic heterocycles. The number of benzene rings is 2. The van der Waals surface area contributed by atoms with Crippen molar-refractivity contribution in [2.24, 2.45) is 0 Å². The molecule has 2 aromatic carbocycles. The number of nitrogens with zero attached hydrogens (tertiary/aromatic N) is 2. The van der Waals surface area contributed by atoms with Gasteiger partial charge in [0.2, 0.25) is 0 Å². The fraction of sp³-hybridized carbons (Fsp3) is 0.0952. The van der Waals surface area contributed by atoms with Gasteiger partial charge in [-0.3, -0.25) is 9.40 Å². The summed E-state index contributed by atoms with van der Waals surface area (Å²) in [4.78, 5) is 0.441. The van der Waals surface area contributed by atoms with E-state index in [2.05, 4.69) is 9.82 Å². The van der Waals surface area contributed by atoms with Crippen molar-refractivity contribution >= 4 is 38.6 Å². The van der Waals surface area contributed by atoms with Gasteiger partial charge < -0.3 is 0 Å². The third-order valence-corrected chi connectivity index (χ3v) is 7.07. The van der Waals surface area contributed by atoms with Crippen LogP contribution in [0.2, 0.25) is 5.02 Å². The van der Waals surface area contributed by atoms with Gasteiger partial charge in [0, 0.05) is 6.20 Å². The highest BCUT2D eigenvalue weighted by Crippen LogP contribution is 2.36. The van der Waals surface area contributed by atoms with E-state index in [9.17, 15) is 21.6 Å². The molecule has 0 aliphatic rings. The Balaban J connectivity index is 1.75. The highest BCUT2D eigenvalue weighted by molar-refractivity contribution is 7.92. The number of alkyl halides is 3. The summed E-state index contributed by atoms with van der Waals surface area (Å²) in [5.41, 5.74) is -0.274. The summed E-state index contributed by atoms with van der Waals surface area (Å²) >= 11 is 7.28. The largest absolute Gasteiger partial charge is 0.416 e. The number of rotatable bonds is 6. The lowest BCUT2D eigenvalue weighted by Gasteiger charge is -2.12. The summed E-state index contributed by atoms with van der Waals surface area (Å²) in [6.07, 6.45) is -3.29. The Kier molecular flexibility index (Phi) is 6.02. The van der Waals surface area contributed by atoms with Crippen LogP contribution < -0.4 is 4.72 Å². The number of aromatic nitrogens is 2. The topological polar surface area (TPSA) is 64.0 Å². The van der Waals surface area contributed by atoms with Crippen molar-refractivity contribution in [2.45, 2.75) is 17.6 Å². The fourth-order valence-electron chi connectivity index (χ4n) is 3.01. The van der Waals surface area contributed by atoms with Gasteiger partial charge in [-0.15, -0.1) is 11.3 Å². The molecule has 4 rings (SSSR count). The SMILES string of the molecule is O=S(=O)(Nc1cc(C(F)(F)F)ccc1Cl)c1cn(Cc2ccccc2)nc1-c1cccs1. The van der Waals surface area contributed by atoms with E-state index < -0.39 is 21.8 Å². The van der Waals surface area contributed by atoms with Crippen LogP contribution in [0.4, 0.5) is 18.9 Å². The minimum atomic E-state index is -4.65. The first-order valence-electron chi connectivity index (χ1n) is 9.18. The lowest BCUT2D eigenvalue weighted by molar-refractivity contribution is -0.137. The van der Waals surface area contributed by atoms with Crippen LogP contribution in [0.25, 0.3) is 10.6 Å². The number of halogens is 4. The number of sulfonamides is 1. The van der Waals surface area contributed by atoms with Crippen molar-refractivity contribution in [1.82, 2.24) is 9.78 Å². The van der Waals surface area contributed by atoms with E-state index in [4.69, 9.17) is 11.6 Å². The van der Waals surface area contributed by atoms with Crippen molar-refractivity contribution in [2.75, 3.05) is 4.72 Å². The molecule has 0 unspecified atom stereocenters. The standard InChI is InChI=1S/C21H15ClF3N3O2S2/c22-16-9-8-15(21(23,24)25)11-17(16)27-32(29,30)19-13-28(12-14-5-2-1-3-6-14)26-20(19)18-7-4-10-31-18/h1-11,13,27H,12H2. The summed E-state index contributed by atoms with van der Waals surface area (Å²) in [5.74, 6) is 0. The molecule has 1 N–H and O–H groups in total. The third-order valence-electron chi connectivity index (χ3n) is 4.50. The van der Waals surface area contributed by atoms with Gasteiger partial charge in [0.05, 0.1) is 27.7 Å². The summed E-state index contributed by atoms with van der Waals surface area (Å²) in [7, 11) is -4.30. The highest BCUT2D eigenvalue weighted by atomic mass is 35.5. The normalized spacial score (nSPS) is 12.1. The Labute approximate surface area is 191 Å². The Hall–Kier alpha value is -2.82. The van der Waals surface area contributed by atoms with Gasteiger partial charge in [-0.2, -0.15) is 18.3 Å². The second-order valence-corrected chi connectivity index (χ2v) is 9.81. The van der Waals surface area contributed by atoms with Gasteiger partial charge in [-0.1, -0.05) is 48.0 Å². The van der Waals surface area contributed by atoms with Crippen molar-refractivity contribution < 1.29 is 21.6 Å². The Morgan fingerprint density at radius 3 is 2.47 bits per heavy atom. The molecule has 0 radical (unpaired) electrons. The smallest absolute Gasteiger partial charge is 0.278 e. The first-order chi connectivity index (χ1) is 15.1. The fourth-order valence-corrected chi connectivity index (χ4v) is 5.26. The maximum atomic E-state index is 13.2. The van der Waals surface area contributed by atoms with Crippen LogP contribution in [0.1, 0.15) is 11.1 Å². The van der Waals surface area contributed by atoms with Crippen LogP contribution in [0, 0.1) is 0 Å². The van der Waals surface area contributed by atoms with Gasteiger partial charge in [0.25, 0.3) is 10.0 Å². The van der Waals surface area contributed by atoms with Gasteiger partial charge in [-0.05, 0) is 35.2 Å². The van der Waals surface area contributed by atoms with Crippen LogP contribution in [0.5, 0.6) is 0 Å². The average Bonchev–Trinajstić information content (AvgIpc) is 3.39. The molecule has 32 heavy (non-hydrogen) atoms. The zero-order valence-electron chi connectivity index (χ0n) is 16.2. The highest BCUT2D eigenvalue weighted by Gasteiger charge is 2.32. The monoisotopic (exact) mass is 497 g/mol. The van der Waals surface area contributed by atoms with Crippen LogP contribution in [0.15, 0.2) is 77.1 Å². The van der Waals surface area contributed by atoms with E-state index >= 15 is 0 Å². The second-order valence-electron chi connectivity index (χ2n) is 6.80. The predicted molar refractivity (Wildman–Crippen MR) is 118 cm³/mol. The van der Waals surface area contributed by atoms with E-state index in [0.29, 0.717) is 17.5 Å². The maximum Gasteiger partial charge on any atom is 0.416 e. The van der Waals surface area contributed by atoms with E-state index in [1.54, 1.807) is 17.5 Å². The summed E-state index contributed by atoms with van der Waals surface area (Å²) in [5, 5.41) is 6.05. The van der Waals surface area contributed by atoms with Crippen molar-refractivity contribution in [3.8, 4) is 10.6 Å². The van der Waals surface area contributed by atoms with Crippen LogP contribution in [-0.2, 0) is 22.7 Å². The zero-order valence-corrected chi connectivity index (χ0v) is 18.6. The van der Waals surface area contributed by atoms with Crippen molar-refractivity contribution in [1.29, 1.82) is 0 Å². The number of anilines is 1. The molecule has 0 aliphatic heterocycles. The summed E-state index contributed by atoms with van der Waals surface area (Å²) in [6, 6.07) is 15.3. The molecule has 0 spiro atoms. The summed E-state index contributed by atoms with van der Waals surface area (Å²) in [6.45, 7) is 0.319. The zero-order chi connectivity index (χ0) is 22.9.